The highest BCUT2D eigenvalue weighted by atomic mass is 19.1. The van der Waals surface area contributed by atoms with Gasteiger partial charge in [-0.15, -0.1) is 0 Å². The number of allylic oxidation sites excluding steroid dienone is 3. The summed E-state index contributed by atoms with van der Waals surface area (Å²) in [5, 5.41) is 5.93. The fraction of sp³-hybridized carbons (Fsp3) is 0.120. The van der Waals surface area contributed by atoms with Gasteiger partial charge in [-0.1, -0.05) is 18.2 Å². The summed E-state index contributed by atoms with van der Waals surface area (Å²) in [5.74, 6) is 0.0139. The molecule has 1 aliphatic rings. The van der Waals surface area contributed by atoms with Gasteiger partial charge in [0.15, 0.2) is 0 Å². The zero-order valence-corrected chi connectivity index (χ0v) is 17.4. The first-order valence-electron chi connectivity index (χ1n) is 10.1. The zero-order chi connectivity index (χ0) is 22.5. The molecule has 0 spiro atoms. The maximum absolute atomic E-state index is 13.4. The lowest BCUT2D eigenvalue weighted by atomic mass is 10.1. The number of rotatable bonds is 7. The molecule has 4 rings (SSSR count). The number of hydrogen-bond acceptors (Lipinski definition) is 4. The highest BCUT2D eigenvalue weighted by Gasteiger charge is 2.14. The molecule has 162 valence electrons. The van der Waals surface area contributed by atoms with Crippen molar-refractivity contribution >= 4 is 11.7 Å². The highest BCUT2D eigenvalue weighted by molar-refractivity contribution is 5.96. The number of aromatic nitrogens is 1. The van der Waals surface area contributed by atoms with Crippen molar-refractivity contribution in [2.24, 2.45) is 0 Å². The molecule has 32 heavy (non-hydrogen) atoms. The van der Waals surface area contributed by atoms with Crippen molar-refractivity contribution in [1.82, 2.24) is 10.3 Å². The predicted molar refractivity (Wildman–Crippen MR) is 118 cm³/mol. The molecule has 0 saturated carbocycles. The van der Waals surface area contributed by atoms with Crippen LogP contribution in [-0.4, -0.2) is 10.9 Å². The van der Waals surface area contributed by atoms with E-state index < -0.39 is 11.6 Å². The van der Waals surface area contributed by atoms with Crippen LogP contribution in [0.15, 0.2) is 78.7 Å². The lowest BCUT2D eigenvalue weighted by Gasteiger charge is -2.14. The predicted octanol–water partition coefficient (Wildman–Crippen LogP) is 5.65. The first kappa shape index (κ1) is 21.2. The molecule has 1 amide bonds. The molecule has 0 fully saturated rings. The number of pyridine rings is 1. The average Bonchev–Trinajstić information content (AvgIpc) is 3.26. The second kappa shape index (κ2) is 9.43. The fourth-order valence-electron chi connectivity index (χ4n) is 3.34. The third-order valence-corrected chi connectivity index (χ3v) is 4.92. The molecule has 2 N–H and O–H groups in total. The summed E-state index contributed by atoms with van der Waals surface area (Å²) in [6.07, 6.45) is 8.48. The molecule has 1 aliphatic carbocycles. The SMILES string of the molecule is Cc1c(Oc2ccnc(NC3=CC=CC3)c2)cccc1C(=O)NCc1cc(F)cc(F)c1. The number of carbonyl (C=O) groups is 1. The van der Waals surface area contributed by atoms with Crippen LogP contribution in [-0.2, 0) is 6.54 Å². The first-order valence-corrected chi connectivity index (χ1v) is 10.1. The lowest BCUT2D eigenvalue weighted by molar-refractivity contribution is 0.0950. The summed E-state index contributed by atoms with van der Waals surface area (Å²) in [6.45, 7) is 1.78. The van der Waals surface area contributed by atoms with Gasteiger partial charge in [0.2, 0.25) is 0 Å². The minimum Gasteiger partial charge on any atom is -0.457 e. The van der Waals surface area contributed by atoms with Gasteiger partial charge in [0.1, 0.15) is 29.0 Å². The minimum atomic E-state index is -0.687. The van der Waals surface area contributed by atoms with E-state index in [0.29, 0.717) is 34.0 Å². The van der Waals surface area contributed by atoms with E-state index in [0.717, 1.165) is 18.2 Å². The number of anilines is 1. The molecule has 1 heterocycles. The lowest BCUT2D eigenvalue weighted by Crippen LogP contribution is -2.23. The van der Waals surface area contributed by atoms with Gasteiger partial charge in [-0.05, 0) is 48.9 Å². The number of carbonyl (C=O) groups excluding carboxylic acids is 1. The molecule has 5 nitrogen and oxygen atoms in total. The maximum atomic E-state index is 13.4. The smallest absolute Gasteiger partial charge is 0.251 e. The number of hydrogen-bond donors (Lipinski definition) is 2. The Bertz CT molecular complexity index is 1200. The van der Waals surface area contributed by atoms with Crippen LogP contribution in [0.2, 0.25) is 0 Å². The van der Waals surface area contributed by atoms with Gasteiger partial charge < -0.3 is 15.4 Å². The largest absolute Gasteiger partial charge is 0.457 e. The van der Waals surface area contributed by atoms with E-state index >= 15 is 0 Å². The van der Waals surface area contributed by atoms with E-state index in [4.69, 9.17) is 4.74 Å². The van der Waals surface area contributed by atoms with Crippen LogP contribution in [0.3, 0.4) is 0 Å². The molecule has 0 bridgehead atoms. The Hall–Kier alpha value is -4.00. The quantitative estimate of drug-likeness (QED) is 0.506. The molecule has 0 saturated heterocycles. The van der Waals surface area contributed by atoms with Crippen molar-refractivity contribution in [3.05, 3.63) is 107 Å². The Morgan fingerprint density at radius 2 is 1.94 bits per heavy atom. The second-order valence-electron chi connectivity index (χ2n) is 7.32. The van der Waals surface area contributed by atoms with Gasteiger partial charge in [-0.3, -0.25) is 4.79 Å². The van der Waals surface area contributed by atoms with Crippen LogP contribution < -0.4 is 15.4 Å². The van der Waals surface area contributed by atoms with E-state index in [1.165, 1.54) is 12.1 Å². The summed E-state index contributed by atoms with van der Waals surface area (Å²) in [6, 6.07) is 11.8. The molecule has 0 aliphatic heterocycles. The van der Waals surface area contributed by atoms with Crippen LogP contribution in [0.1, 0.15) is 27.9 Å². The number of nitrogens with zero attached hydrogens (tertiary/aromatic N) is 1. The van der Waals surface area contributed by atoms with Crippen LogP contribution in [0.25, 0.3) is 0 Å². The van der Waals surface area contributed by atoms with Gasteiger partial charge in [-0.2, -0.15) is 0 Å². The van der Waals surface area contributed by atoms with Gasteiger partial charge in [0.25, 0.3) is 5.91 Å². The number of benzene rings is 2. The summed E-state index contributed by atoms with van der Waals surface area (Å²) >= 11 is 0. The van der Waals surface area contributed by atoms with Crippen LogP contribution in [0.4, 0.5) is 14.6 Å². The molecule has 0 radical (unpaired) electrons. The summed E-state index contributed by atoms with van der Waals surface area (Å²) < 4.78 is 32.7. The molecule has 0 unspecified atom stereocenters. The third kappa shape index (κ3) is 5.18. The van der Waals surface area contributed by atoms with Crippen molar-refractivity contribution in [3.8, 4) is 11.5 Å². The van der Waals surface area contributed by atoms with Gasteiger partial charge in [0.05, 0.1) is 0 Å². The molecule has 3 aromatic rings. The Labute approximate surface area is 184 Å². The van der Waals surface area contributed by atoms with Crippen molar-refractivity contribution in [1.29, 1.82) is 0 Å². The molecular formula is C25H21F2N3O2. The van der Waals surface area contributed by atoms with Gasteiger partial charge in [0, 0.05) is 48.1 Å². The summed E-state index contributed by atoms with van der Waals surface area (Å²) in [4.78, 5) is 17.0. The summed E-state index contributed by atoms with van der Waals surface area (Å²) in [5.41, 5.74) is 2.44. The van der Waals surface area contributed by atoms with E-state index in [9.17, 15) is 13.6 Å². The Balaban J connectivity index is 1.45. The molecule has 1 aromatic heterocycles. The van der Waals surface area contributed by atoms with Crippen LogP contribution >= 0.6 is 0 Å². The number of halogens is 2. The number of ether oxygens (including phenoxy) is 1. The van der Waals surface area contributed by atoms with E-state index in [1.54, 1.807) is 43.5 Å². The van der Waals surface area contributed by atoms with E-state index in [-0.39, 0.29) is 12.5 Å². The van der Waals surface area contributed by atoms with Crippen molar-refractivity contribution < 1.29 is 18.3 Å². The van der Waals surface area contributed by atoms with Crippen LogP contribution in [0, 0.1) is 18.6 Å². The number of nitrogens with one attached hydrogen (secondary N) is 2. The van der Waals surface area contributed by atoms with E-state index in [1.807, 2.05) is 18.2 Å². The third-order valence-electron chi connectivity index (χ3n) is 4.92. The molecule has 7 heteroatoms. The topological polar surface area (TPSA) is 63.2 Å². The highest BCUT2D eigenvalue weighted by Crippen LogP contribution is 2.28. The monoisotopic (exact) mass is 433 g/mol. The fourth-order valence-corrected chi connectivity index (χ4v) is 3.34. The molecule has 0 atom stereocenters. The second-order valence-corrected chi connectivity index (χ2v) is 7.32. The van der Waals surface area contributed by atoms with Gasteiger partial charge >= 0.3 is 0 Å². The normalized spacial score (nSPS) is 12.4. The Morgan fingerprint density at radius 3 is 2.69 bits per heavy atom. The maximum Gasteiger partial charge on any atom is 0.251 e. The molecular weight excluding hydrogens is 412 g/mol. The van der Waals surface area contributed by atoms with Crippen molar-refractivity contribution in [2.75, 3.05) is 5.32 Å². The van der Waals surface area contributed by atoms with Crippen molar-refractivity contribution in [2.45, 2.75) is 19.9 Å². The van der Waals surface area contributed by atoms with Gasteiger partial charge in [-0.25, -0.2) is 13.8 Å². The first-order chi connectivity index (χ1) is 15.5. The Kier molecular flexibility index (Phi) is 6.26. The Morgan fingerprint density at radius 1 is 1.12 bits per heavy atom. The standard InChI is InChI=1S/C25H21F2N3O2/c1-16-22(25(31)29-15-17-11-18(26)13-19(27)12-17)7-4-8-23(16)32-21-9-10-28-24(14-21)30-20-5-2-3-6-20/h2-5,7-14H,6,15H2,1H3,(H,28,30)(H,29,31). The van der Waals surface area contributed by atoms with Crippen LogP contribution in [0.5, 0.6) is 11.5 Å². The molecule has 2 aromatic carbocycles. The van der Waals surface area contributed by atoms with E-state index in [2.05, 4.69) is 15.6 Å². The average molecular weight is 433 g/mol. The summed E-state index contributed by atoms with van der Waals surface area (Å²) in [7, 11) is 0. The number of amides is 1. The zero-order valence-electron chi connectivity index (χ0n) is 17.4. The van der Waals surface area contributed by atoms with Crippen molar-refractivity contribution in [3.63, 3.8) is 0 Å². The minimum absolute atomic E-state index is 0.00211.